The molecule has 1 N–H and O–H groups in total. The Morgan fingerprint density at radius 2 is 1.77 bits per heavy atom. The van der Waals surface area contributed by atoms with Gasteiger partial charge in [0.2, 0.25) is 0 Å². The van der Waals surface area contributed by atoms with Gasteiger partial charge in [0.15, 0.2) is 0 Å². The molecule has 0 bridgehead atoms. The molecule has 0 aliphatic rings. The molecule has 1 aromatic rings. The van der Waals surface area contributed by atoms with E-state index >= 15 is 0 Å². The fourth-order valence-corrected chi connectivity index (χ4v) is 1.54. The molecular formula is C11H15BrO. The van der Waals surface area contributed by atoms with Gasteiger partial charge in [0.25, 0.3) is 0 Å². The van der Waals surface area contributed by atoms with E-state index in [9.17, 15) is 0 Å². The van der Waals surface area contributed by atoms with Crippen molar-refractivity contribution in [3.8, 4) is 0 Å². The van der Waals surface area contributed by atoms with E-state index in [0.29, 0.717) is 0 Å². The third kappa shape index (κ3) is 3.92. The van der Waals surface area contributed by atoms with E-state index < -0.39 is 0 Å². The number of rotatable bonds is 4. The quantitative estimate of drug-likeness (QED) is 0.806. The molecular weight excluding hydrogens is 228 g/mol. The Labute approximate surface area is 87.9 Å². The first kappa shape index (κ1) is 10.7. The third-order valence-electron chi connectivity index (χ3n) is 2.03. The van der Waals surface area contributed by atoms with Crippen molar-refractivity contribution in [1.29, 1.82) is 0 Å². The number of aliphatic hydroxyl groups excluding tert-OH is 1. The van der Waals surface area contributed by atoms with Crippen LogP contribution in [0.5, 0.6) is 0 Å². The van der Waals surface area contributed by atoms with Crippen LogP contribution in [0.1, 0.15) is 24.5 Å². The maximum absolute atomic E-state index is 9.11. The first-order chi connectivity index (χ1) is 6.22. The normalized spacial score (nSPS) is 12.8. The maximum Gasteiger partial charge on any atom is 0.0515 e. The number of aliphatic hydroxyl groups is 1. The van der Waals surface area contributed by atoms with Crippen LogP contribution in [-0.4, -0.2) is 11.2 Å². The molecule has 2 heteroatoms. The predicted molar refractivity (Wildman–Crippen MR) is 59.1 cm³/mol. The first-order valence-corrected chi connectivity index (χ1v) is 5.66. The Kier molecular flexibility index (Phi) is 4.46. The lowest BCUT2D eigenvalue weighted by Crippen LogP contribution is -2.01. The SMILES string of the molecule is CC(O)CCc1ccc(CBr)cc1. The minimum atomic E-state index is -0.198. The van der Waals surface area contributed by atoms with E-state index in [1.54, 1.807) is 0 Å². The molecule has 1 aromatic carbocycles. The van der Waals surface area contributed by atoms with Gasteiger partial charge in [-0.2, -0.15) is 0 Å². The van der Waals surface area contributed by atoms with E-state index in [0.717, 1.165) is 18.2 Å². The van der Waals surface area contributed by atoms with Gasteiger partial charge in [-0.1, -0.05) is 40.2 Å². The Bertz CT molecular complexity index is 241. The summed E-state index contributed by atoms with van der Waals surface area (Å²) in [7, 11) is 0. The molecule has 0 spiro atoms. The van der Waals surface area contributed by atoms with Gasteiger partial charge in [0, 0.05) is 5.33 Å². The van der Waals surface area contributed by atoms with Crippen molar-refractivity contribution in [1.82, 2.24) is 0 Å². The lowest BCUT2D eigenvalue weighted by atomic mass is 10.1. The second-order valence-corrected chi connectivity index (χ2v) is 3.90. The topological polar surface area (TPSA) is 20.2 Å². The molecule has 0 saturated carbocycles. The Hall–Kier alpha value is -0.340. The molecule has 0 fully saturated rings. The number of benzene rings is 1. The van der Waals surface area contributed by atoms with Crippen LogP contribution in [0, 0.1) is 0 Å². The molecule has 1 atom stereocenters. The smallest absolute Gasteiger partial charge is 0.0515 e. The summed E-state index contributed by atoms with van der Waals surface area (Å²) in [6.45, 7) is 1.83. The number of aryl methyl sites for hydroxylation is 1. The van der Waals surface area contributed by atoms with Gasteiger partial charge in [0.1, 0.15) is 0 Å². The lowest BCUT2D eigenvalue weighted by molar-refractivity contribution is 0.185. The zero-order valence-corrected chi connectivity index (χ0v) is 9.42. The van der Waals surface area contributed by atoms with Crippen molar-refractivity contribution in [2.24, 2.45) is 0 Å². The molecule has 0 radical (unpaired) electrons. The number of alkyl halides is 1. The van der Waals surface area contributed by atoms with Crippen LogP contribution in [0.25, 0.3) is 0 Å². The van der Waals surface area contributed by atoms with E-state index in [-0.39, 0.29) is 6.10 Å². The zero-order valence-electron chi connectivity index (χ0n) is 7.83. The van der Waals surface area contributed by atoms with Crippen molar-refractivity contribution in [2.75, 3.05) is 0 Å². The average Bonchev–Trinajstić information content (AvgIpc) is 2.15. The van der Waals surface area contributed by atoms with Crippen LogP contribution in [0.2, 0.25) is 0 Å². The van der Waals surface area contributed by atoms with E-state index in [2.05, 4.69) is 40.2 Å². The van der Waals surface area contributed by atoms with E-state index in [1.807, 2.05) is 6.92 Å². The number of halogens is 1. The molecule has 0 saturated heterocycles. The molecule has 1 unspecified atom stereocenters. The molecule has 13 heavy (non-hydrogen) atoms. The highest BCUT2D eigenvalue weighted by Crippen LogP contribution is 2.10. The summed E-state index contributed by atoms with van der Waals surface area (Å²) in [5, 5.41) is 10.0. The highest BCUT2D eigenvalue weighted by Gasteiger charge is 1.97. The first-order valence-electron chi connectivity index (χ1n) is 4.54. The van der Waals surface area contributed by atoms with Crippen LogP contribution < -0.4 is 0 Å². The molecule has 1 nitrogen and oxygen atoms in total. The minimum Gasteiger partial charge on any atom is -0.393 e. The summed E-state index contributed by atoms with van der Waals surface area (Å²) < 4.78 is 0. The fourth-order valence-electron chi connectivity index (χ4n) is 1.17. The molecule has 0 aromatic heterocycles. The second-order valence-electron chi connectivity index (χ2n) is 3.34. The second kappa shape index (κ2) is 5.40. The van der Waals surface area contributed by atoms with Crippen molar-refractivity contribution in [3.63, 3.8) is 0 Å². The summed E-state index contributed by atoms with van der Waals surface area (Å²) in [5.41, 5.74) is 2.59. The van der Waals surface area contributed by atoms with E-state index in [1.165, 1.54) is 11.1 Å². The molecule has 0 heterocycles. The minimum absolute atomic E-state index is 0.198. The predicted octanol–water partition coefficient (Wildman–Crippen LogP) is 2.89. The van der Waals surface area contributed by atoms with Crippen LogP contribution >= 0.6 is 15.9 Å². The molecule has 0 aliphatic heterocycles. The molecule has 1 rings (SSSR count). The molecule has 72 valence electrons. The zero-order chi connectivity index (χ0) is 9.68. The van der Waals surface area contributed by atoms with Crippen LogP contribution in [0.4, 0.5) is 0 Å². The van der Waals surface area contributed by atoms with Crippen LogP contribution in [0.3, 0.4) is 0 Å². The van der Waals surface area contributed by atoms with Crippen LogP contribution in [-0.2, 0) is 11.8 Å². The van der Waals surface area contributed by atoms with Gasteiger partial charge in [-0.05, 0) is 30.9 Å². The Morgan fingerprint density at radius 1 is 1.23 bits per heavy atom. The fraction of sp³-hybridized carbons (Fsp3) is 0.455. The summed E-state index contributed by atoms with van der Waals surface area (Å²) >= 11 is 3.40. The summed E-state index contributed by atoms with van der Waals surface area (Å²) in [4.78, 5) is 0. The largest absolute Gasteiger partial charge is 0.393 e. The van der Waals surface area contributed by atoms with Gasteiger partial charge in [-0.15, -0.1) is 0 Å². The van der Waals surface area contributed by atoms with Gasteiger partial charge in [0.05, 0.1) is 6.10 Å². The van der Waals surface area contributed by atoms with Gasteiger partial charge >= 0.3 is 0 Å². The lowest BCUT2D eigenvalue weighted by Gasteiger charge is -2.04. The Morgan fingerprint density at radius 3 is 2.23 bits per heavy atom. The summed E-state index contributed by atoms with van der Waals surface area (Å²) in [5.74, 6) is 0. The van der Waals surface area contributed by atoms with Gasteiger partial charge < -0.3 is 5.11 Å². The third-order valence-corrected chi connectivity index (χ3v) is 2.68. The maximum atomic E-state index is 9.11. The highest BCUT2D eigenvalue weighted by atomic mass is 79.9. The highest BCUT2D eigenvalue weighted by molar-refractivity contribution is 9.08. The van der Waals surface area contributed by atoms with Crippen molar-refractivity contribution in [2.45, 2.75) is 31.2 Å². The number of hydrogen-bond donors (Lipinski definition) is 1. The standard InChI is InChI=1S/C11H15BrO/c1-9(13)2-3-10-4-6-11(8-12)7-5-10/h4-7,9,13H,2-3,8H2,1H3. The summed E-state index contributed by atoms with van der Waals surface area (Å²) in [6, 6.07) is 8.48. The Balaban J connectivity index is 2.49. The van der Waals surface area contributed by atoms with Crippen molar-refractivity contribution < 1.29 is 5.11 Å². The average molecular weight is 243 g/mol. The number of hydrogen-bond acceptors (Lipinski definition) is 1. The van der Waals surface area contributed by atoms with Crippen molar-refractivity contribution in [3.05, 3.63) is 35.4 Å². The van der Waals surface area contributed by atoms with Gasteiger partial charge in [-0.3, -0.25) is 0 Å². The van der Waals surface area contributed by atoms with Gasteiger partial charge in [-0.25, -0.2) is 0 Å². The van der Waals surface area contributed by atoms with Crippen molar-refractivity contribution >= 4 is 15.9 Å². The van der Waals surface area contributed by atoms with Crippen LogP contribution in [0.15, 0.2) is 24.3 Å². The molecule has 0 amide bonds. The van der Waals surface area contributed by atoms with E-state index in [4.69, 9.17) is 5.11 Å². The summed E-state index contributed by atoms with van der Waals surface area (Å²) in [6.07, 6.45) is 1.60. The molecule has 0 aliphatic carbocycles. The monoisotopic (exact) mass is 242 g/mol.